The third-order valence-corrected chi connectivity index (χ3v) is 5.13. The van der Waals surface area contributed by atoms with E-state index >= 15 is 0 Å². The second kappa shape index (κ2) is 8.00. The minimum absolute atomic E-state index is 0.0983. The van der Waals surface area contributed by atoms with Crippen molar-refractivity contribution in [2.24, 2.45) is 0 Å². The van der Waals surface area contributed by atoms with Crippen molar-refractivity contribution in [1.82, 2.24) is 20.3 Å². The second-order valence-electron chi connectivity index (χ2n) is 6.51. The van der Waals surface area contributed by atoms with Crippen molar-refractivity contribution < 1.29 is 4.74 Å². The molecule has 0 spiro atoms. The third-order valence-electron chi connectivity index (χ3n) is 4.79. The fourth-order valence-corrected chi connectivity index (χ4v) is 3.51. The van der Waals surface area contributed by atoms with Crippen LogP contribution in [0.15, 0.2) is 53.6 Å². The zero-order chi connectivity index (χ0) is 19.5. The molecule has 7 nitrogen and oxygen atoms in total. The van der Waals surface area contributed by atoms with Crippen LogP contribution in [0.3, 0.4) is 0 Å². The number of anilines is 1. The standard InChI is InChI=1S/C20H20ClN5O2/c1-28-15-4-2-13(3-5-15)16-12-26(11-10-23-16)19-17(21)20(27)25-18(24-19)14-6-8-22-9-7-14/h2-9,16,23H,10-12H2,1H3,(H,24,25,27). The van der Waals surface area contributed by atoms with Gasteiger partial charge in [-0.1, -0.05) is 23.7 Å². The molecule has 4 rings (SSSR count). The molecule has 2 N–H and O–H groups in total. The Hall–Kier alpha value is -2.90. The van der Waals surface area contributed by atoms with Gasteiger partial charge < -0.3 is 19.9 Å². The first-order chi connectivity index (χ1) is 13.7. The summed E-state index contributed by atoms with van der Waals surface area (Å²) in [4.78, 5) is 25.8. The van der Waals surface area contributed by atoms with Crippen LogP contribution in [0.4, 0.5) is 5.82 Å². The van der Waals surface area contributed by atoms with Gasteiger partial charge in [-0.25, -0.2) is 4.98 Å². The van der Waals surface area contributed by atoms with Gasteiger partial charge in [-0.3, -0.25) is 9.78 Å². The first-order valence-electron chi connectivity index (χ1n) is 8.98. The van der Waals surface area contributed by atoms with Crippen molar-refractivity contribution in [1.29, 1.82) is 0 Å². The van der Waals surface area contributed by atoms with Crippen LogP contribution in [0.2, 0.25) is 5.02 Å². The van der Waals surface area contributed by atoms with E-state index in [0.29, 0.717) is 24.7 Å². The van der Waals surface area contributed by atoms with Crippen LogP contribution < -0.4 is 20.5 Å². The maximum absolute atomic E-state index is 12.4. The van der Waals surface area contributed by atoms with Gasteiger partial charge in [0.2, 0.25) is 0 Å². The molecule has 28 heavy (non-hydrogen) atoms. The lowest BCUT2D eigenvalue weighted by atomic mass is 10.0. The maximum Gasteiger partial charge on any atom is 0.272 e. The number of methoxy groups -OCH3 is 1. The number of pyridine rings is 1. The Labute approximate surface area is 167 Å². The number of hydrogen-bond donors (Lipinski definition) is 2. The molecule has 0 radical (unpaired) electrons. The minimum atomic E-state index is -0.349. The summed E-state index contributed by atoms with van der Waals surface area (Å²) in [6.07, 6.45) is 3.32. The van der Waals surface area contributed by atoms with E-state index in [1.54, 1.807) is 31.6 Å². The highest BCUT2D eigenvalue weighted by Crippen LogP contribution is 2.27. The van der Waals surface area contributed by atoms with E-state index in [9.17, 15) is 4.79 Å². The Bertz CT molecular complexity index is 1010. The van der Waals surface area contributed by atoms with Crippen LogP contribution in [-0.4, -0.2) is 41.7 Å². The van der Waals surface area contributed by atoms with E-state index in [4.69, 9.17) is 16.3 Å². The SMILES string of the molecule is COc1ccc(C2CN(c3nc(-c4ccncc4)[nH]c(=O)c3Cl)CCN2)cc1. The number of H-pyrrole nitrogens is 1. The number of hydrogen-bond acceptors (Lipinski definition) is 6. The molecule has 3 heterocycles. The summed E-state index contributed by atoms with van der Waals surface area (Å²) in [5.74, 6) is 1.79. The molecule has 0 aliphatic carbocycles. The predicted octanol–water partition coefficient (Wildman–Crippen LogP) is 2.64. The smallest absolute Gasteiger partial charge is 0.272 e. The quantitative estimate of drug-likeness (QED) is 0.704. The molecule has 1 saturated heterocycles. The molecular weight excluding hydrogens is 378 g/mol. The van der Waals surface area contributed by atoms with Crippen molar-refractivity contribution in [3.05, 3.63) is 69.7 Å². The van der Waals surface area contributed by atoms with E-state index in [1.165, 1.54) is 0 Å². The largest absolute Gasteiger partial charge is 0.497 e. The van der Waals surface area contributed by atoms with Gasteiger partial charge >= 0.3 is 0 Å². The number of piperazine rings is 1. The molecule has 144 valence electrons. The fourth-order valence-electron chi connectivity index (χ4n) is 3.30. The van der Waals surface area contributed by atoms with Gasteiger partial charge in [-0.15, -0.1) is 0 Å². The molecule has 1 aliphatic heterocycles. The van der Waals surface area contributed by atoms with Crippen LogP contribution in [0.25, 0.3) is 11.4 Å². The van der Waals surface area contributed by atoms with Gasteiger partial charge in [0.1, 0.15) is 16.6 Å². The number of halogens is 1. The number of nitrogens with one attached hydrogen (secondary N) is 2. The van der Waals surface area contributed by atoms with Crippen LogP contribution >= 0.6 is 11.6 Å². The van der Waals surface area contributed by atoms with Gasteiger partial charge in [0, 0.05) is 43.6 Å². The van der Waals surface area contributed by atoms with E-state index in [0.717, 1.165) is 23.4 Å². The molecule has 1 atom stereocenters. The zero-order valence-electron chi connectivity index (χ0n) is 15.4. The van der Waals surface area contributed by atoms with Gasteiger partial charge in [-0.05, 0) is 29.8 Å². The lowest BCUT2D eigenvalue weighted by Crippen LogP contribution is -2.46. The molecule has 0 bridgehead atoms. The highest BCUT2D eigenvalue weighted by molar-refractivity contribution is 6.32. The third kappa shape index (κ3) is 3.72. The molecule has 0 saturated carbocycles. The molecule has 8 heteroatoms. The molecule has 2 aromatic heterocycles. The van der Waals surface area contributed by atoms with Crippen molar-refractivity contribution in [2.45, 2.75) is 6.04 Å². The Morgan fingerprint density at radius 1 is 1.18 bits per heavy atom. The van der Waals surface area contributed by atoms with E-state index in [2.05, 4.69) is 20.3 Å². The number of nitrogens with zero attached hydrogens (tertiary/aromatic N) is 3. The fraction of sp³-hybridized carbons (Fsp3) is 0.250. The number of aromatic amines is 1. The molecule has 1 unspecified atom stereocenters. The summed E-state index contributed by atoms with van der Waals surface area (Å²) in [6.45, 7) is 2.11. The minimum Gasteiger partial charge on any atom is -0.497 e. The van der Waals surface area contributed by atoms with E-state index in [1.807, 2.05) is 29.2 Å². The topological polar surface area (TPSA) is 83.1 Å². The Morgan fingerprint density at radius 2 is 1.93 bits per heavy atom. The van der Waals surface area contributed by atoms with E-state index in [-0.39, 0.29) is 16.6 Å². The lowest BCUT2D eigenvalue weighted by molar-refractivity contribution is 0.413. The first kappa shape index (κ1) is 18.5. The van der Waals surface area contributed by atoms with Crippen molar-refractivity contribution in [2.75, 3.05) is 31.6 Å². The van der Waals surface area contributed by atoms with Crippen molar-refractivity contribution >= 4 is 17.4 Å². The molecule has 1 aromatic carbocycles. The second-order valence-corrected chi connectivity index (χ2v) is 6.89. The number of benzene rings is 1. The predicted molar refractivity (Wildman–Crippen MR) is 109 cm³/mol. The molecule has 0 amide bonds. The van der Waals surface area contributed by atoms with Crippen LogP contribution in [0.5, 0.6) is 5.75 Å². The summed E-state index contributed by atoms with van der Waals surface area (Å²) >= 11 is 6.32. The molecular formula is C20H20ClN5O2. The Kier molecular flexibility index (Phi) is 5.27. The average molecular weight is 398 g/mol. The van der Waals surface area contributed by atoms with Gasteiger partial charge in [0.05, 0.1) is 7.11 Å². The van der Waals surface area contributed by atoms with Gasteiger partial charge in [0.15, 0.2) is 5.82 Å². The van der Waals surface area contributed by atoms with Crippen LogP contribution in [0, 0.1) is 0 Å². The monoisotopic (exact) mass is 397 g/mol. The number of rotatable bonds is 4. The summed E-state index contributed by atoms with van der Waals surface area (Å²) in [5, 5.41) is 3.61. The van der Waals surface area contributed by atoms with Gasteiger partial charge in [-0.2, -0.15) is 0 Å². The highest BCUT2D eigenvalue weighted by atomic mass is 35.5. The summed E-state index contributed by atoms with van der Waals surface area (Å²) in [7, 11) is 1.65. The van der Waals surface area contributed by atoms with Crippen molar-refractivity contribution in [3.8, 4) is 17.1 Å². The van der Waals surface area contributed by atoms with Crippen LogP contribution in [0.1, 0.15) is 11.6 Å². The number of ether oxygens (including phenoxy) is 1. The maximum atomic E-state index is 12.4. The summed E-state index contributed by atoms with van der Waals surface area (Å²) in [6, 6.07) is 11.7. The van der Waals surface area contributed by atoms with Crippen LogP contribution in [-0.2, 0) is 0 Å². The summed E-state index contributed by atoms with van der Waals surface area (Å²) < 4.78 is 5.23. The number of aromatic nitrogens is 3. The van der Waals surface area contributed by atoms with Crippen molar-refractivity contribution in [3.63, 3.8) is 0 Å². The Balaban J connectivity index is 1.64. The Morgan fingerprint density at radius 3 is 2.64 bits per heavy atom. The molecule has 3 aromatic rings. The van der Waals surface area contributed by atoms with Gasteiger partial charge in [0.25, 0.3) is 5.56 Å². The average Bonchev–Trinajstić information content (AvgIpc) is 2.76. The van der Waals surface area contributed by atoms with E-state index < -0.39 is 0 Å². The molecule has 1 aliphatic rings. The lowest BCUT2D eigenvalue weighted by Gasteiger charge is -2.35. The summed E-state index contributed by atoms with van der Waals surface area (Å²) in [5.41, 5.74) is 1.57. The molecule has 1 fully saturated rings. The highest BCUT2D eigenvalue weighted by Gasteiger charge is 2.25. The normalized spacial score (nSPS) is 16.8. The first-order valence-corrected chi connectivity index (χ1v) is 9.36. The zero-order valence-corrected chi connectivity index (χ0v) is 16.1.